The van der Waals surface area contributed by atoms with Crippen molar-refractivity contribution in [1.29, 1.82) is 0 Å². The van der Waals surface area contributed by atoms with E-state index in [1.54, 1.807) is 11.2 Å². The number of likely N-dealkylation sites (tertiary alicyclic amines) is 1. The Balaban J connectivity index is 1.55. The van der Waals surface area contributed by atoms with Crippen molar-refractivity contribution in [2.75, 3.05) is 19.7 Å². The number of esters is 1. The Kier molecular flexibility index (Phi) is 5.52. The van der Waals surface area contributed by atoms with Gasteiger partial charge in [-0.3, -0.25) is 4.79 Å². The van der Waals surface area contributed by atoms with Gasteiger partial charge in [-0.2, -0.15) is 0 Å². The van der Waals surface area contributed by atoms with Crippen LogP contribution in [0.15, 0.2) is 47.1 Å². The minimum Gasteiger partial charge on any atom is -0.465 e. The third-order valence-electron chi connectivity index (χ3n) is 6.27. The van der Waals surface area contributed by atoms with Gasteiger partial charge in [-0.15, -0.1) is 0 Å². The zero-order chi connectivity index (χ0) is 22.1. The molecule has 0 saturated carbocycles. The van der Waals surface area contributed by atoms with Gasteiger partial charge in [0.1, 0.15) is 5.76 Å². The fourth-order valence-electron chi connectivity index (χ4n) is 4.77. The van der Waals surface area contributed by atoms with Crippen LogP contribution in [0.4, 0.5) is 0 Å². The minimum atomic E-state index is -0.459. The van der Waals surface area contributed by atoms with Gasteiger partial charge in [0, 0.05) is 18.5 Å². The number of fused-ring (bicyclic) bond motifs is 2. The normalized spacial score (nSPS) is 19.3. The summed E-state index contributed by atoms with van der Waals surface area (Å²) >= 11 is 0. The lowest BCUT2D eigenvalue weighted by Crippen LogP contribution is -2.32. The predicted octanol–water partition coefficient (Wildman–Crippen LogP) is 4.73. The largest absolute Gasteiger partial charge is 0.465 e. The summed E-state index contributed by atoms with van der Waals surface area (Å²) in [5.41, 5.74) is 4.01. The van der Waals surface area contributed by atoms with Crippen LogP contribution in [0, 0.1) is 5.92 Å². The van der Waals surface area contributed by atoms with Gasteiger partial charge in [0.05, 0.1) is 23.0 Å². The smallest absolute Gasteiger partial charge is 0.339 e. The number of pyridine rings is 1. The highest BCUT2D eigenvalue weighted by Gasteiger charge is 2.29. The molecule has 1 aromatic carbocycles. The van der Waals surface area contributed by atoms with Gasteiger partial charge in [-0.1, -0.05) is 25.1 Å². The molecule has 0 radical (unpaired) electrons. The molecule has 1 unspecified atom stereocenters. The lowest BCUT2D eigenvalue weighted by Gasteiger charge is -2.26. The van der Waals surface area contributed by atoms with Gasteiger partial charge in [0.2, 0.25) is 0 Å². The molecule has 32 heavy (non-hydrogen) atoms. The summed E-state index contributed by atoms with van der Waals surface area (Å²) in [5.74, 6) is 0.508. The fraction of sp³-hybridized carbons (Fsp3) is 0.346. The number of hydrogen-bond acceptors (Lipinski definition) is 5. The van der Waals surface area contributed by atoms with Crippen LogP contribution in [-0.4, -0.2) is 41.5 Å². The van der Waals surface area contributed by atoms with Gasteiger partial charge >= 0.3 is 5.97 Å². The molecule has 2 aliphatic rings. The molecule has 0 spiro atoms. The zero-order valence-electron chi connectivity index (χ0n) is 18.2. The second kappa shape index (κ2) is 8.61. The summed E-state index contributed by atoms with van der Waals surface area (Å²) in [7, 11) is 0. The number of para-hydroxylation sites is 1. The molecule has 0 bridgehead atoms. The van der Waals surface area contributed by atoms with E-state index < -0.39 is 5.97 Å². The SMILES string of the molecule is CC1C/C(=C\c2ccco2)c2nc3ccccc3c(C(=O)OCC(=O)N3CCCC3)c2C1. The summed E-state index contributed by atoms with van der Waals surface area (Å²) < 4.78 is 11.1. The molecule has 3 aromatic rings. The third kappa shape index (κ3) is 3.93. The van der Waals surface area contributed by atoms with E-state index in [-0.39, 0.29) is 12.5 Å². The van der Waals surface area contributed by atoms with Crippen LogP contribution in [0.1, 0.15) is 53.6 Å². The Labute approximate surface area is 186 Å². The van der Waals surface area contributed by atoms with E-state index >= 15 is 0 Å². The first-order valence-corrected chi connectivity index (χ1v) is 11.2. The van der Waals surface area contributed by atoms with Crippen molar-refractivity contribution < 1.29 is 18.7 Å². The zero-order valence-corrected chi connectivity index (χ0v) is 18.2. The van der Waals surface area contributed by atoms with Crippen LogP contribution in [0.3, 0.4) is 0 Å². The van der Waals surface area contributed by atoms with Gasteiger partial charge < -0.3 is 14.1 Å². The maximum atomic E-state index is 13.3. The van der Waals surface area contributed by atoms with Crippen molar-refractivity contribution in [3.8, 4) is 0 Å². The standard InChI is InChI=1S/C26H26N2O4/c1-17-13-18(15-19-7-6-12-31-19)25-21(14-17)24(20-8-2-3-9-22(20)27-25)26(30)32-16-23(29)28-10-4-5-11-28/h2-3,6-9,12,15,17H,4-5,10-11,13-14,16H2,1H3/b18-15+. The quantitative estimate of drug-likeness (QED) is 0.560. The number of allylic oxidation sites excluding steroid dienone is 1. The number of nitrogens with zero attached hydrogens (tertiary/aromatic N) is 2. The topological polar surface area (TPSA) is 72.6 Å². The van der Waals surface area contributed by atoms with E-state index in [4.69, 9.17) is 14.1 Å². The molecular formula is C26H26N2O4. The molecule has 5 rings (SSSR count). The van der Waals surface area contributed by atoms with Crippen molar-refractivity contribution in [2.45, 2.75) is 32.6 Å². The average molecular weight is 431 g/mol. The molecule has 6 heteroatoms. The van der Waals surface area contributed by atoms with Crippen LogP contribution in [0.2, 0.25) is 0 Å². The molecule has 3 heterocycles. The first-order chi connectivity index (χ1) is 15.6. The third-order valence-corrected chi connectivity index (χ3v) is 6.27. The molecule has 6 nitrogen and oxygen atoms in total. The maximum absolute atomic E-state index is 13.3. The van der Waals surface area contributed by atoms with Crippen LogP contribution in [-0.2, 0) is 16.0 Å². The average Bonchev–Trinajstić information content (AvgIpc) is 3.50. The monoisotopic (exact) mass is 430 g/mol. The van der Waals surface area contributed by atoms with Crippen LogP contribution >= 0.6 is 0 Å². The number of benzene rings is 1. The summed E-state index contributed by atoms with van der Waals surface area (Å²) in [4.78, 5) is 32.4. The van der Waals surface area contributed by atoms with Crippen molar-refractivity contribution in [3.05, 3.63) is 65.2 Å². The Morgan fingerprint density at radius 1 is 1.16 bits per heavy atom. The summed E-state index contributed by atoms with van der Waals surface area (Å²) in [6.45, 7) is 3.42. The van der Waals surface area contributed by atoms with E-state index in [0.29, 0.717) is 11.5 Å². The molecule has 2 aromatic heterocycles. The number of furan rings is 1. The molecule has 164 valence electrons. The number of rotatable bonds is 4. The first-order valence-electron chi connectivity index (χ1n) is 11.2. The van der Waals surface area contributed by atoms with Gasteiger partial charge in [0.25, 0.3) is 5.91 Å². The number of ether oxygens (including phenoxy) is 1. The maximum Gasteiger partial charge on any atom is 0.339 e. The van der Waals surface area contributed by atoms with E-state index in [1.807, 2.05) is 42.5 Å². The highest BCUT2D eigenvalue weighted by molar-refractivity contribution is 6.07. The predicted molar refractivity (Wildman–Crippen MR) is 122 cm³/mol. The van der Waals surface area contributed by atoms with Crippen molar-refractivity contribution in [1.82, 2.24) is 9.88 Å². The summed E-state index contributed by atoms with van der Waals surface area (Å²) in [6, 6.07) is 11.4. The Morgan fingerprint density at radius 2 is 1.97 bits per heavy atom. The number of carbonyl (C=O) groups excluding carboxylic acids is 2. The first kappa shape index (κ1) is 20.5. The van der Waals surface area contributed by atoms with E-state index in [9.17, 15) is 9.59 Å². The van der Waals surface area contributed by atoms with Crippen molar-refractivity contribution in [3.63, 3.8) is 0 Å². The molecular weight excluding hydrogens is 404 g/mol. The highest BCUT2D eigenvalue weighted by atomic mass is 16.5. The molecule has 1 aliphatic heterocycles. The fourth-order valence-corrected chi connectivity index (χ4v) is 4.77. The summed E-state index contributed by atoms with van der Waals surface area (Å²) in [6.07, 6.45) is 7.24. The second-order valence-electron chi connectivity index (χ2n) is 8.69. The molecule has 1 fully saturated rings. The van der Waals surface area contributed by atoms with Crippen molar-refractivity contribution in [2.24, 2.45) is 5.92 Å². The van der Waals surface area contributed by atoms with E-state index in [1.165, 1.54) is 0 Å². The Hall–Kier alpha value is -3.41. The van der Waals surface area contributed by atoms with Gasteiger partial charge in [-0.25, -0.2) is 9.78 Å². The van der Waals surface area contributed by atoms with E-state index in [0.717, 1.165) is 72.3 Å². The van der Waals surface area contributed by atoms with Crippen molar-refractivity contribution >= 4 is 34.4 Å². The van der Waals surface area contributed by atoms with Gasteiger partial charge in [-0.05, 0) is 67.0 Å². The number of amides is 1. The molecule has 1 aliphatic carbocycles. The Bertz CT molecular complexity index is 1190. The van der Waals surface area contributed by atoms with Crippen LogP contribution in [0.25, 0.3) is 22.6 Å². The van der Waals surface area contributed by atoms with Crippen LogP contribution < -0.4 is 0 Å². The lowest BCUT2D eigenvalue weighted by atomic mass is 9.81. The number of aromatic nitrogens is 1. The number of carbonyl (C=O) groups is 2. The summed E-state index contributed by atoms with van der Waals surface area (Å²) in [5, 5.41) is 0.760. The molecule has 1 saturated heterocycles. The minimum absolute atomic E-state index is 0.130. The van der Waals surface area contributed by atoms with Gasteiger partial charge in [0.15, 0.2) is 6.61 Å². The van der Waals surface area contributed by atoms with E-state index in [2.05, 4.69) is 6.92 Å². The highest BCUT2D eigenvalue weighted by Crippen LogP contribution is 2.38. The molecule has 0 N–H and O–H groups in total. The number of hydrogen-bond donors (Lipinski definition) is 0. The Morgan fingerprint density at radius 3 is 2.75 bits per heavy atom. The molecule has 1 atom stereocenters. The second-order valence-corrected chi connectivity index (χ2v) is 8.69. The van der Waals surface area contributed by atoms with Crippen LogP contribution in [0.5, 0.6) is 0 Å². The molecule has 1 amide bonds. The lowest BCUT2D eigenvalue weighted by molar-refractivity contribution is -0.133.